The van der Waals surface area contributed by atoms with Crippen LogP contribution in [0.1, 0.15) is 26.7 Å². The van der Waals surface area contributed by atoms with E-state index in [0.29, 0.717) is 18.8 Å². The number of benzene rings is 2. The summed E-state index contributed by atoms with van der Waals surface area (Å²) in [6.45, 7) is 4.68. The first-order valence-electron chi connectivity index (χ1n) is 7.98. The second-order valence-electron chi connectivity index (χ2n) is 5.19. The first-order valence-corrected chi connectivity index (χ1v) is 7.98. The van der Waals surface area contributed by atoms with Gasteiger partial charge in [-0.3, -0.25) is 4.79 Å². The van der Waals surface area contributed by atoms with E-state index in [0.717, 1.165) is 17.9 Å². The Morgan fingerprint density at radius 2 is 1.70 bits per heavy atom. The van der Waals surface area contributed by atoms with Gasteiger partial charge in [0, 0.05) is 5.69 Å². The number of carbonyl (C=O) groups excluding carboxylic acids is 1. The van der Waals surface area contributed by atoms with Crippen molar-refractivity contribution in [3.05, 3.63) is 54.6 Å². The molecule has 1 atom stereocenters. The third-order valence-electron chi connectivity index (χ3n) is 3.28. The molecule has 0 heterocycles. The summed E-state index contributed by atoms with van der Waals surface area (Å²) < 4.78 is 11.3. The maximum Gasteiger partial charge on any atom is 0.265 e. The van der Waals surface area contributed by atoms with Crippen LogP contribution >= 0.6 is 0 Å². The molecule has 0 saturated carbocycles. The van der Waals surface area contributed by atoms with Gasteiger partial charge in [-0.2, -0.15) is 0 Å². The number of rotatable bonds is 8. The highest BCUT2D eigenvalue weighted by Crippen LogP contribution is 2.18. The van der Waals surface area contributed by atoms with Gasteiger partial charge in [0.1, 0.15) is 11.5 Å². The van der Waals surface area contributed by atoms with Crippen LogP contribution in [0.15, 0.2) is 54.6 Å². The number of amides is 1. The molecule has 0 aliphatic heterocycles. The van der Waals surface area contributed by atoms with E-state index in [9.17, 15) is 4.79 Å². The fraction of sp³-hybridized carbons (Fsp3) is 0.316. The molecule has 0 saturated heterocycles. The molecule has 1 N–H and O–H groups in total. The molecular weight excluding hydrogens is 290 g/mol. The first-order chi connectivity index (χ1) is 11.2. The molecular formula is C19H23NO3. The van der Waals surface area contributed by atoms with E-state index >= 15 is 0 Å². The molecule has 0 radical (unpaired) electrons. The Morgan fingerprint density at radius 1 is 1.00 bits per heavy atom. The lowest BCUT2D eigenvalue weighted by atomic mass is 10.2. The van der Waals surface area contributed by atoms with Gasteiger partial charge in [0.15, 0.2) is 6.10 Å². The Bertz CT molecular complexity index is 596. The van der Waals surface area contributed by atoms with Crippen molar-refractivity contribution in [3.8, 4) is 11.5 Å². The summed E-state index contributed by atoms with van der Waals surface area (Å²) in [5, 5.41) is 2.88. The monoisotopic (exact) mass is 313 g/mol. The van der Waals surface area contributed by atoms with E-state index < -0.39 is 6.10 Å². The molecule has 2 rings (SSSR count). The van der Waals surface area contributed by atoms with Gasteiger partial charge >= 0.3 is 0 Å². The zero-order valence-corrected chi connectivity index (χ0v) is 13.6. The summed E-state index contributed by atoms with van der Waals surface area (Å²) in [5.74, 6) is 1.34. The lowest BCUT2D eigenvalue weighted by Crippen LogP contribution is -2.32. The SMILES string of the molecule is CCCOc1ccc(NC(=O)C(CC)Oc2ccccc2)cc1. The summed E-state index contributed by atoms with van der Waals surface area (Å²) in [7, 11) is 0. The third kappa shape index (κ3) is 5.33. The number of para-hydroxylation sites is 1. The molecule has 2 aromatic rings. The molecule has 0 aliphatic rings. The molecule has 4 nitrogen and oxygen atoms in total. The smallest absolute Gasteiger partial charge is 0.265 e. The van der Waals surface area contributed by atoms with Crippen molar-refractivity contribution in [2.75, 3.05) is 11.9 Å². The van der Waals surface area contributed by atoms with Gasteiger partial charge in [-0.1, -0.05) is 32.0 Å². The zero-order valence-electron chi connectivity index (χ0n) is 13.6. The average molecular weight is 313 g/mol. The fourth-order valence-electron chi connectivity index (χ4n) is 2.06. The molecule has 0 aromatic heterocycles. The summed E-state index contributed by atoms with van der Waals surface area (Å²) in [4.78, 5) is 12.3. The van der Waals surface area contributed by atoms with Crippen LogP contribution in [-0.4, -0.2) is 18.6 Å². The molecule has 0 bridgehead atoms. The summed E-state index contributed by atoms with van der Waals surface area (Å²) in [6.07, 6.45) is 1.04. The van der Waals surface area contributed by atoms with Crippen LogP contribution < -0.4 is 14.8 Å². The summed E-state index contributed by atoms with van der Waals surface area (Å²) in [5.41, 5.74) is 0.731. The minimum atomic E-state index is -0.520. The molecule has 0 aliphatic carbocycles. The van der Waals surface area contributed by atoms with E-state index in [4.69, 9.17) is 9.47 Å². The lowest BCUT2D eigenvalue weighted by molar-refractivity contribution is -0.122. The number of anilines is 1. The van der Waals surface area contributed by atoms with Crippen LogP contribution in [0.2, 0.25) is 0 Å². The van der Waals surface area contributed by atoms with Gasteiger partial charge < -0.3 is 14.8 Å². The number of ether oxygens (including phenoxy) is 2. The number of nitrogens with one attached hydrogen (secondary N) is 1. The Hall–Kier alpha value is -2.49. The predicted molar refractivity (Wildman–Crippen MR) is 92.0 cm³/mol. The van der Waals surface area contributed by atoms with Crippen LogP contribution in [0.3, 0.4) is 0 Å². The normalized spacial score (nSPS) is 11.6. The van der Waals surface area contributed by atoms with E-state index in [2.05, 4.69) is 12.2 Å². The molecule has 122 valence electrons. The number of hydrogen-bond donors (Lipinski definition) is 1. The number of hydrogen-bond acceptors (Lipinski definition) is 3. The van der Waals surface area contributed by atoms with Crippen molar-refractivity contribution in [2.45, 2.75) is 32.8 Å². The van der Waals surface area contributed by atoms with Crippen LogP contribution in [0, 0.1) is 0 Å². The zero-order chi connectivity index (χ0) is 16.5. The maximum atomic E-state index is 12.3. The van der Waals surface area contributed by atoms with Crippen molar-refractivity contribution in [1.82, 2.24) is 0 Å². The van der Waals surface area contributed by atoms with Gasteiger partial charge in [-0.15, -0.1) is 0 Å². The highest BCUT2D eigenvalue weighted by atomic mass is 16.5. The van der Waals surface area contributed by atoms with Crippen molar-refractivity contribution >= 4 is 11.6 Å². The Balaban J connectivity index is 1.93. The van der Waals surface area contributed by atoms with Crippen LogP contribution in [0.25, 0.3) is 0 Å². The van der Waals surface area contributed by atoms with Crippen molar-refractivity contribution in [1.29, 1.82) is 0 Å². The first kappa shape index (κ1) is 16.9. The Kier molecular flexibility index (Phi) is 6.48. The quantitative estimate of drug-likeness (QED) is 0.791. The van der Waals surface area contributed by atoms with E-state index in [1.54, 1.807) is 0 Å². The number of carbonyl (C=O) groups is 1. The molecule has 2 aromatic carbocycles. The van der Waals surface area contributed by atoms with Gasteiger partial charge in [-0.25, -0.2) is 0 Å². The van der Waals surface area contributed by atoms with E-state index in [1.165, 1.54) is 0 Å². The molecule has 1 unspecified atom stereocenters. The van der Waals surface area contributed by atoms with Crippen LogP contribution in [0.5, 0.6) is 11.5 Å². The van der Waals surface area contributed by atoms with Crippen molar-refractivity contribution in [3.63, 3.8) is 0 Å². The van der Waals surface area contributed by atoms with Crippen molar-refractivity contribution < 1.29 is 14.3 Å². The van der Waals surface area contributed by atoms with Gasteiger partial charge in [0.2, 0.25) is 0 Å². The Morgan fingerprint density at radius 3 is 2.30 bits per heavy atom. The molecule has 23 heavy (non-hydrogen) atoms. The Labute approximate surface area is 137 Å². The average Bonchev–Trinajstić information content (AvgIpc) is 2.60. The minimum Gasteiger partial charge on any atom is -0.494 e. The molecule has 0 spiro atoms. The highest BCUT2D eigenvalue weighted by Gasteiger charge is 2.18. The minimum absolute atomic E-state index is 0.154. The second kappa shape index (κ2) is 8.83. The summed E-state index contributed by atoms with van der Waals surface area (Å²) >= 11 is 0. The van der Waals surface area contributed by atoms with Gasteiger partial charge in [-0.05, 0) is 49.2 Å². The molecule has 4 heteroatoms. The third-order valence-corrected chi connectivity index (χ3v) is 3.28. The van der Waals surface area contributed by atoms with Crippen molar-refractivity contribution in [2.24, 2.45) is 0 Å². The van der Waals surface area contributed by atoms with Crippen LogP contribution in [-0.2, 0) is 4.79 Å². The fourth-order valence-corrected chi connectivity index (χ4v) is 2.06. The largest absolute Gasteiger partial charge is 0.494 e. The molecule has 0 fully saturated rings. The highest BCUT2D eigenvalue weighted by molar-refractivity contribution is 5.94. The van der Waals surface area contributed by atoms with E-state index in [1.807, 2.05) is 61.5 Å². The van der Waals surface area contributed by atoms with Gasteiger partial charge in [0.25, 0.3) is 5.91 Å². The van der Waals surface area contributed by atoms with Crippen LogP contribution in [0.4, 0.5) is 5.69 Å². The molecule has 1 amide bonds. The lowest BCUT2D eigenvalue weighted by Gasteiger charge is -2.17. The standard InChI is InChI=1S/C19H23NO3/c1-3-14-22-16-12-10-15(11-13-16)20-19(21)18(4-2)23-17-8-6-5-7-9-17/h5-13,18H,3-4,14H2,1-2H3,(H,20,21). The topological polar surface area (TPSA) is 47.6 Å². The van der Waals surface area contributed by atoms with Gasteiger partial charge in [0.05, 0.1) is 6.61 Å². The predicted octanol–water partition coefficient (Wildman–Crippen LogP) is 4.27. The second-order valence-corrected chi connectivity index (χ2v) is 5.19. The summed E-state index contributed by atoms with van der Waals surface area (Å²) in [6, 6.07) is 16.7. The van der Waals surface area contributed by atoms with E-state index in [-0.39, 0.29) is 5.91 Å². The maximum absolute atomic E-state index is 12.3.